The van der Waals surface area contributed by atoms with Gasteiger partial charge in [0.25, 0.3) is 0 Å². The second kappa shape index (κ2) is 9.67. The van der Waals surface area contributed by atoms with Crippen molar-refractivity contribution >= 4 is 11.9 Å². The van der Waals surface area contributed by atoms with Gasteiger partial charge in [-0.05, 0) is 55.1 Å². The number of ether oxygens (including phenoxy) is 3. The number of aryl methyl sites for hydroxylation is 2. The maximum atomic E-state index is 13.2. The van der Waals surface area contributed by atoms with Crippen LogP contribution in [0.15, 0.2) is 36.1 Å². The molecule has 6 nitrogen and oxygen atoms in total. The third-order valence-corrected chi connectivity index (χ3v) is 6.73. The third kappa shape index (κ3) is 4.69. The summed E-state index contributed by atoms with van der Waals surface area (Å²) < 4.78 is 17.7. The minimum Gasteiger partial charge on any atom is -0.478 e. The van der Waals surface area contributed by atoms with Gasteiger partial charge in [-0.2, -0.15) is 0 Å². The second-order valence-corrected chi connectivity index (χ2v) is 9.04. The SMILES string of the molecule is CCc1ccc(/C=C2\Oc3c4c(cc(C)c3C2=O)OCN(CCCN2CCOCC2)C4)cc1. The molecule has 0 unspecified atom stereocenters. The molecular formula is C27H32N2O4. The van der Waals surface area contributed by atoms with Crippen molar-refractivity contribution in [2.75, 3.05) is 46.1 Å². The Morgan fingerprint density at radius 1 is 1.06 bits per heavy atom. The minimum atomic E-state index is -0.0469. The molecule has 3 aliphatic rings. The van der Waals surface area contributed by atoms with Crippen molar-refractivity contribution in [2.24, 2.45) is 0 Å². The number of benzene rings is 2. The number of carbonyl (C=O) groups excluding carboxylic acids is 1. The zero-order chi connectivity index (χ0) is 22.8. The van der Waals surface area contributed by atoms with E-state index in [2.05, 4.69) is 28.9 Å². The van der Waals surface area contributed by atoms with Crippen LogP contribution in [0.1, 0.15) is 46.0 Å². The number of allylic oxidation sites excluding steroid dienone is 1. The quantitative estimate of drug-likeness (QED) is 0.622. The highest BCUT2D eigenvalue weighted by Crippen LogP contribution is 2.44. The molecule has 0 amide bonds. The molecule has 3 heterocycles. The van der Waals surface area contributed by atoms with E-state index in [0.29, 0.717) is 23.8 Å². The highest BCUT2D eigenvalue weighted by molar-refractivity contribution is 6.15. The van der Waals surface area contributed by atoms with Gasteiger partial charge in [0.15, 0.2) is 5.76 Å². The number of hydrogen-bond acceptors (Lipinski definition) is 6. The van der Waals surface area contributed by atoms with Crippen LogP contribution in [0.3, 0.4) is 0 Å². The van der Waals surface area contributed by atoms with E-state index in [4.69, 9.17) is 14.2 Å². The average Bonchev–Trinajstić information content (AvgIpc) is 3.17. The van der Waals surface area contributed by atoms with Crippen molar-refractivity contribution in [3.8, 4) is 11.5 Å². The van der Waals surface area contributed by atoms with Crippen LogP contribution in [0, 0.1) is 6.92 Å². The Hall–Kier alpha value is -2.67. The van der Waals surface area contributed by atoms with Gasteiger partial charge in [-0.1, -0.05) is 31.2 Å². The molecule has 174 valence electrons. The first-order valence-electron chi connectivity index (χ1n) is 12.0. The summed E-state index contributed by atoms with van der Waals surface area (Å²) in [5, 5.41) is 0. The van der Waals surface area contributed by atoms with E-state index in [-0.39, 0.29) is 5.78 Å². The van der Waals surface area contributed by atoms with Gasteiger partial charge >= 0.3 is 0 Å². The Kier molecular flexibility index (Phi) is 6.49. The van der Waals surface area contributed by atoms with Crippen molar-refractivity contribution in [3.05, 3.63) is 63.9 Å². The lowest BCUT2D eigenvalue weighted by Gasteiger charge is -2.31. The number of hydrogen-bond donors (Lipinski definition) is 0. The summed E-state index contributed by atoms with van der Waals surface area (Å²) >= 11 is 0. The molecule has 0 atom stereocenters. The van der Waals surface area contributed by atoms with Gasteiger partial charge in [-0.15, -0.1) is 0 Å². The van der Waals surface area contributed by atoms with E-state index >= 15 is 0 Å². The minimum absolute atomic E-state index is 0.0469. The Morgan fingerprint density at radius 2 is 1.82 bits per heavy atom. The molecule has 0 radical (unpaired) electrons. The molecule has 2 aromatic carbocycles. The van der Waals surface area contributed by atoms with E-state index in [1.807, 2.05) is 31.2 Å². The van der Waals surface area contributed by atoms with Crippen LogP contribution in [-0.4, -0.2) is 61.7 Å². The van der Waals surface area contributed by atoms with Crippen LogP contribution >= 0.6 is 0 Å². The molecule has 0 spiro atoms. The lowest BCUT2D eigenvalue weighted by atomic mass is 9.98. The van der Waals surface area contributed by atoms with Crippen molar-refractivity contribution in [1.82, 2.24) is 9.80 Å². The van der Waals surface area contributed by atoms with Crippen molar-refractivity contribution in [3.63, 3.8) is 0 Å². The summed E-state index contributed by atoms with van der Waals surface area (Å²) in [6.45, 7) is 11.1. The zero-order valence-electron chi connectivity index (χ0n) is 19.6. The summed E-state index contributed by atoms with van der Waals surface area (Å²) in [5.74, 6) is 1.84. The number of carbonyl (C=O) groups is 1. The van der Waals surface area contributed by atoms with Gasteiger partial charge < -0.3 is 14.2 Å². The van der Waals surface area contributed by atoms with Crippen LogP contribution in [0.4, 0.5) is 0 Å². The largest absolute Gasteiger partial charge is 0.478 e. The van der Waals surface area contributed by atoms with Crippen molar-refractivity contribution in [1.29, 1.82) is 0 Å². The number of morpholine rings is 1. The summed E-state index contributed by atoms with van der Waals surface area (Å²) in [5.41, 5.74) is 4.79. The van der Waals surface area contributed by atoms with E-state index in [1.54, 1.807) is 0 Å². The van der Waals surface area contributed by atoms with Gasteiger partial charge in [0.05, 0.1) is 24.3 Å². The molecule has 0 aromatic heterocycles. The lowest BCUT2D eigenvalue weighted by Crippen LogP contribution is -2.39. The normalized spacial score (nSPS) is 19.8. The molecule has 3 aliphatic heterocycles. The first-order chi connectivity index (χ1) is 16.1. The Morgan fingerprint density at radius 3 is 2.58 bits per heavy atom. The van der Waals surface area contributed by atoms with E-state index in [0.717, 1.165) is 81.2 Å². The summed E-state index contributed by atoms with van der Waals surface area (Å²) in [4.78, 5) is 17.9. The van der Waals surface area contributed by atoms with Crippen LogP contribution in [0.2, 0.25) is 0 Å². The van der Waals surface area contributed by atoms with Gasteiger partial charge in [0.1, 0.15) is 18.2 Å². The summed E-state index contributed by atoms with van der Waals surface area (Å²) in [6, 6.07) is 10.2. The monoisotopic (exact) mass is 448 g/mol. The topological polar surface area (TPSA) is 51.2 Å². The van der Waals surface area contributed by atoms with E-state index < -0.39 is 0 Å². The van der Waals surface area contributed by atoms with Crippen LogP contribution in [0.5, 0.6) is 11.5 Å². The number of nitrogens with zero attached hydrogens (tertiary/aromatic N) is 2. The fourth-order valence-corrected chi connectivity index (χ4v) is 4.76. The molecule has 5 rings (SSSR count). The fraction of sp³-hybridized carbons (Fsp3) is 0.444. The Balaban J connectivity index is 1.31. The van der Waals surface area contributed by atoms with Gasteiger partial charge in [-0.3, -0.25) is 14.6 Å². The van der Waals surface area contributed by atoms with E-state index in [1.165, 1.54) is 5.56 Å². The van der Waals surface area contributed by atoms with Gasteiger partial charge in [0.2, 0.25) is 5.78 Å². The molecule has 0 saturated carbocycles. The maximum Gasteiger partial charge on any atom is 0.232 e. The fourth-order valence-electron chi connectivity index (χ4n) is 4.76. The summed E-state index contributed by atoms with van der Waals surface area (Å²) in [7, 11) is 0. The number of ketones is 1. The molecule has 1 fully saturated rings. The molecule has 0 N–H and O–H groups in total. The molecule has 6 heteroatoms. The molecule has 2 aromatic rings. The second-order valence-electron chi connectivity index (χ2n) is 9.04. The standard InChI is InChI=1S/C27H32N2O4/c1-3-20-5-7-21(8-6-20)16-24-26(30)25-19(2)15-23-22(27(25)33-24)17-29(18-32-23)10-4-9-28-11-13-31-14-12-28/h5-8,15-16H,3-4,9-14,17-18H2,1-2H3/b24-16-. The van der Waals surface area contributed by atoms with Crippen molar-refractivity contribution in [2.45, 2.75) is 33.2 Å². The average molecular weight is 449 g/mol. The van der Waals surface area contributed by atoms with Crippen LogP contribution in [0.25, 0.3) is 6.08 Å². The Bertz CT molecular complexity index is 1050. The first-order valence-corrected chi connectivity index (χ1v) is 12.0. The van der Waals surface area contributed by atoms with Crippen LogP contribution in [-0.2, 0) is 17.7 Å². The number of Topliss-reactive ketones (excluding diaryl/α,β-unsaturated/α-hetero) is 1. The molecular weight excluding hydrogens is 416 g/mol. The highest BCUT2D eigenvalue weighted by atomic mass is 16.5. The molecule has 0 aliphatic carbocycles. The van der Waals surface area contributed by atoms with Gasteiger partial charge in [-0.25, -0.2) is 0 Å². The predicted molar refractivity (Wildman–Crippen MR) is 128 cm³/mol. The third-order valence-electron chi connectivity index (χ3n) is 6.73. The first kappa shape index (κ1) is 22.1. The predicted octanol–water partition coefficient (Wildman–Crippen LogP) is 4.05. The Labute approximate surface area is 195 Å². The molecule has 1 saturated heterocycles. The maximum absolute atomic E-state index is 13.2. The molecule has 0 bridgehead atoms. The zero-order valence-corrected chi connectivity index (χ0v) is 19.6. The smallest absolute Gasteiger partial charge is 0.232 e. The number of rotatable bonds is 6. The number of fused-ring (bicyclic) bond motifs is 3. The van der Waals surface area contributed by atoms with Crippen molar-refractivity contribution < 1.29 is 19.0 Å². The highest BCUT2D eigenvalue weighted by Gasteiger charge is 2.35. The summed E-state index contributed by atoms with van der Waals surface area (Å²) in [6.07, 6.45) is 3.91. The van der Waals surface area contributed by atoms with E-state index in [9.17, 15) is 4.79 Å². The van der Waals surface area contributed by atoms with Crippen LogP contribution < -0.4 is 9.47 Å². The molecule has 33 heavy (non-hydrogen) atoms. The lowest BCUT2D eigenvalue weighted by molar-refractivity contribution is 0.0329. The van der Waals surface area contributed by atoms with Gasteiger partial charge in [0, 0.05) is 26.2 Å².